The van der Waals surface area contributed by atoms with E-state index < -0.39 is 44.9 Å². The zero-order chi connectivity index (χ0) is 34.9. The van der Waals surface area contributed by atoms with Crippen LogP contribution in [0.1, 0.15) is 97.6 Å². The van der Waals surface area contributed by atoms with Crippen LogP contribution in [0, 0.1) is 46.3 Å². The molecule has 14 nitrogen and oxygen atoms in total. The van der Waals surface area contributed by atoms with Crippen molar-refractivity contribution in [3.8, 4) is 0 Å². The number of aliphatic hydroxyl groups excluding tert-OH is 3. The first-order valence-electron chi connectivity index (χ1n) is 18.0. The van der Waals surface area contributed by atoms with Crippen molar-refractivity contribution in [1.82, 2.24) is 19.5 Å². The van der Waals surface area contributed by atoms with Crippen molar-refractivity contribution in [3.05, 3.63) is 12.7 Å². The topological polar surface area (TPSA) is 212 Å². The third kappa shape index (κ3) is 6.23. The van der Waals surface area contributed by atoms with E-state index in [4.69, 9.17) is 19.5 Å². The second-order valence-electron chi connectivity index (χ2n) is 16.2. The molecule has 6 N–H and O–H groups in total. The van der Waals surface area contributed by atoms with Gasteiger partial charge in [-0.15, -0.1) is 0 Å². The van der Waals surface area contributed by atoms with Gasteiger partial charge in [-0.3, -0.25) is 18.8 Å². The fourth-order valence-corrected chi connectivity index (χ4v) is 12.0. The number of nitrogens with two attached hydrogens (primary N) is 1. The molecule has 272 valence electrons. The van der Waals surface area contributed by atoms with Crippen LogP contribution in [0.2, 0.25) is 0 Å². The summed E-state index contributed by atoms with van der Waals surface area (Å²) < 4.78 is 29.8. The minimum absolute atomic E-state index is 0.0114. The number of phosphoric acid groups is 1. The Morgan fingerprint density at radius 2 is 1.82 bits per heavy atom. The molecule has 0 amide bonds. The number of aromatic nitrogens is 4. The highest BCUT2D eigenvalue weighted by Crippen LogP contribution is 2.68. The van der Waals surface area contributed by atoms with Crippen LogP contribution in [0.3, 0.4) is 0 Å². The van der Waals surface area contributed by atoms with Gasteiger partial charge in [-0.05, 0) is 111 Å². The Bertz CT molecular complexity index is 1590. The van der Waals surface area contributed by atoms with Crippen LogP contribution < -0.4 is 5.73 Å². The predicted octanol–water partition coefficient (Wildman–Crippen LogP) is 4.12. The minimum Gasteiger partial charge on any atom is -0.393 e. The zero-order valence-corrected chi connectivity index (χ0v) is 29.5. The number of carbonyl (C=O) groups excluding carboxylic acids is 1. The van der Waals surface area contributed by atoms with Gasteiger partial charge in [0.25, 0.3) is 0 Å². The molecule has 0 spiro atoms. The summed E-state index contributed by atoms with van der Waals surface area (Å²) in [6.07, 6.45) is 7.98. The van der Waals surface area contributed by atoms with Crippen LogP contribution in [0.25, 0.3) is 11.2 Å². The maximum Gasteiger partial charge on any atom is 0.529 e. The maximum absolute atomic E-state index is 12.8. The second-order valence-corrected chi connectivity index (χ2v) is 17.6. The van der Waals surface area contributed by atoms with E-state index in [0.29, 0.717) is 35.1 Å². The summed E-state index contributed by atoms with van der Waals surface area (Å²) in [5.41, 5.74) is 6.95. The molecule has 2 aromatic rings. The number of carbonyl (C=O) groups is 1. The van der Waals surface area contributed by atoms with E-state index >= 15 is 0 Å². The average Bonchev–Trinajstić information content (AvgIpc) is 3.73. The van der Waals surface area contributed by atoms with Gasteiger partial charge in [-0.1, -0.05) is 20.8 Å². The Kier molecular flexibility index (Phi) is 9.41. The number of anilines is 1. The fraction of sp³-hybridized carbons (Fsp3) is 0.824. The molecule has 4 aliphatic carbocycles. The van der Waals surface area contributed by atoms with Crippen LogP contribution in [0.5, 0.6) is 0 Å². The summed E-state index contributed by atoms with van der Waals surface area (Å²) in [5, 5.41) is 31.6. The predicted molar refractivity (Wildman–Crippen MR) is 177 cm³/mol. The van der Waals surface area contributed by atoms with Gasteiger partial charge in [0.05, 0.1) is 19.0 Å². The lowest BCUT2D eigenvalue weighted by molar-refractivity contribution is -0.137. The lowest BCUT2D eigenvalue weighted by atomic mass is 9.44. The molecule has 7 rings (SSSR count). The summed E-state index contributed by atoms with van der Waals surface area (Å²) in [4.78, 5) is 35.3. The first-order chi connectivity index (χ1) is 23.2. The number of fused-ring (bicyclic) bond motifs is 6. The molecule has 0 radical (unpaired) electrons. The summed E-state index contributed by atoms with van der Waals surface area (Å²) in [7, 11) is -4.83. The zero-order valence-electron chi connectivity index (χ0n) is 28.6. The third-order valence-corrected chi connectivity index (χ3v) is 14.7. The lowest BCUT2D eigenvalue weighted by Crippen LogP contribution is -2.54. The third-order valence-electron chi connectivity index (χ3n) is 13.8. The minimum atomic E-state index is -4.83. The van der Waals surface area contributed by atoms with Crippen molar-refractivity contribution >= 4 is 30.8 Å². The molecule has 0 aromatic carbocycles. The molecule has 5 aliphatic rings. The van der Waals surface area contributed by atoms with Crippen molar-refractivity contribution in [1.29, 1.82) is 0 Å². The molecule has 1 aliphatic heterocycles. The number of imidazole rings is 1. The Morgan fingerprint density at radius 3 is 2.61 bits per heavy atom. The Balaban J connectivity index is 0.903. The molecule has 49 heavy (non-hydrogen) atoms. The second kappa shape index (κ2) is 13.1. The summed E-state index contributed by atoms with van der Waals surface area (Å²) in [6.45, 7) is 6.55. The number of hydrogen-bond donors (Lipinski definition) is 5. The van der Waals surface area contributed by atoms with Crippen LogP contribution >= 0.6 is 7.82 Å². The summed E-state index contributed by atoms with van der Waals surface area (Å²) >= 11 is 0. The molecule has 2 aromatic heterocycles. The number of nitrogen functional groups attached to an aromatic ring is 1. The fourth-order valence-electron chi connectivity index (χ4n) is 11.3. The standard InChI is InChI=1S/C34H52N5O9P/c1-18(22-7-8-23-21-6-5-19-14-20(40)10-12-33(19,2)24(21)11-13-34(22,23)3)4-9-26(41)48-49(44,45)46-15-25-28(42)29(43)32(47-25)39-17-38-27-30(35)36-16-37-31(27)39/h16-25,28-29,32,40,42-43H,4-15H2,1-3H3,(H,44,45)(H2,35,36,37)/t18-,19-,20-,21+,22-,23+,24+,25-,28-,29-,32-,33+,34-/m1/s1. The van der Waals surface area contributed by atoms with Gasteiger partial charge in [0.15, 0.2) is 17.7 Å². The van der Waals surface area contributed by atoms with Gasteiger partial charge in [-0.25, -0.2) is 19.5 Å². The highest BCUT2D eigenvalue weighted by molar-refractivity contribution is 7.48. The maximum atomic E-state index is 12.8. The number of rotatable bonds is 9. The van der Waals surface area contributed by atoms with E-state index in [9.17, 15) is 29.6 Å². The van der Waals surface area contributed by atoms with Crippen LogP contribution in [-0.4, -0.2) is 76.7 Å². The van der Waals surface area contributed by atoms with Crippen LogP contribution in [0.4, 0.5) is 5.82 Å². The van der Waals surface area contributed by atoms with Crippen LogP contribution in [0.15, 0.2) is 12.7 Å². The summed E-state index contributed by atoms with van der Waals surface area (Å²) in [6, 6.07) is 0. The van der Waals surface area contributed by atoms with Crippen molar-refractivity contribution in [2.75, 3.05) is 12.3 Å². The molecular weight excluding hydrogens is 653 g/mol. The van der Waals surface area contributed by atoms with Crippen LogP contribution in [-0.2, 0) is 23.1 Å². The van der Waals surface area contributed by atoms with E-state index in [1.807, 2.05) is 0 Å². The van der Waals surface area contributed by atoms with Gasteiger partial charge in [0, 0.05) is 6.42 Å². The summed E-state index contributed by atoms with van der Waals surface area (Å²) in [5.74, 6) is 2.79. The normalized spacial score (nSPS) is 42.2. The first-order valence-corrected chi connectivity index (χ1v) is 19.5. The molecular formula is C34H52N5O9P. The molecule has 5 fully saturated rings. The van der Waals surface area contributed by atoms with E-state index in [0.717, 1.165) is 37.5 Å². The van der Waals surface area contributed by atoms with E-state index in [1.165, 1.54) is 49.3 Å². The molecule has 15 heteroatoms. The van der Waals surface area contributed by atoms with Gasteiger partial charge >= 0.3 is 13.8 Å². The number of aliphatic hydroxyl groups is 3. The van der Waals surface area contributed by atoms with E-state index in [1.54, 1.807) is 0 Å². The molecule has 4 saturated carbocycles. The van der Waals surface area contributed by atoms with Gasteiger partial charge < -0.3 is 30.3 Å². The molecule has 14 atom stereocenters. The quantitative estimate of drug-likeness (QED) is 0.233. The van der Waals surface area contributed by atoms with Gasteiger partial charge in [-0.2, -0.15) is 0 Å². The van der Waals surface area contributed by atoms with Crippen molar-refractivity contribution < 1.29 is 43.4 Å². The Hall–Kier alpha value is -2.19. The van der Waals surface area contributed by atoms with Crippen molar-refractivity contribution in [2.45, 2.75) is 122 Å². The highest BCUT2D eigenvalue weighted by Gasteiger charge is 2.60. The SMILES string of the molecule is C[C@H](CCC(=O)OP(=O)(O)OC[C@H]1O[C@@H](n2cnc3c(N)ncnc32)[C@H](O)[C@@H]1O)[C@H]1CC[C@H]2[C@@H]3CC[C@@H]4C[C@H](O)CC[C@]4(C)[C@H]3CC[C@]12C. The van der Waals surface area contributed by atoms with Gasteiger partial charge in [0.1, 0.15) is 30.2 Å². The smallest absolute Gasteiger partial charge is 0.393 e. The first kappa shape index (κ1) is 35.2. The number of nitrogens with zero attached hydrogens (tertiary/aromatic N) is 4. The largest absolute Gasteiger partial charge is 0.529 e. The Morgan fingerprint density at radius 1 is 1.06 bits per heavy atom. The number of hydrogen-bond acceptors (Lipinski definition) is 12. The number of ether oxygens (including phenoxy) is 1. The van der Waals surface area contributed by atoms with Crippen molar-refractivity contribution in [3.63, 3.8) is 0 Å². The molecule has 0 bridgehead atoms. The van der Waals surface area contributed by atoms with E-state index in [-0.39, 0.29) is 35.3 Å². The molecule has 3 heterocycles. The molecule has 1 saturated heterocycles. The number of phosphoric ester groups is 1. The van der Waals surface area contributed by atoms with E-state index in [2.05, 4.69) is 35.7 Å². The average molecular weight is 706 g/mol. The highest BCUT2D eigenvalue weighted by atomic mass is 31.2. The van der Waals surface area contributed by atoms with Crippen molar-refractivity contribution in [2.24, 2.45) is 46.3 Å². The monoisotopic (exact) mass is 705 g/mol. The molecule has 1 unspecified atom stereocenters. The van der Waals surface area contributed by atoms with Gasteiger partial charge in [0.2, 0.25) is 0 Å². The lowest BCUT2D eigenvalue weighted by Gasteiger charge is -2.61. The Labute approximate surface area is 286 Å².